The molecule has 7 heteroatoms. The van der Waals surface area contributed by atoms with E-state index < -0.39 is 16.8 Å². The van der Waals surface area contributed by atoms with Crippen LogP contribution in [0.2, 0.25) is 0 Å². The Morgan fingerprint density at radius 2 is 1.65 bits per heavy atom. The van der Waals surface area contributed by atoms with E-state index in [1.54, 1.807) is 19.9 Å². The Morgan fingerprint density at radius 1 is 1.04 bits per heavy atom. The standard InChI is InChI=1S/C16H14N2O5/c1-9-3-6-12(16(20)21)7-13(9)17-15(19)11-5-4-10(2)14(8-11)18(22)23/h3-8H,1-2H3,(H,17,19)(H,20,21). The number of nitro benzene ring substituents is 1. The predicted octanol–water partition coefficient (Wildman–Crippen LogP) is 3.16. The Labute approximate surface area is 131 Å². The molecule has 0 unspecified atom stereocenters. The molecule has 0 heterocycles. The van der Waals surface area contributed by atoms with E-state index >= 15 is 0 Å². The molecule has 0 spiro atoms. The molecule has 0 bridgehead atoms. The Morgan fingerprint density at radius 3 is 2.26 bits per heavy atom. The van der Waals surface area contributed by atoms with Crippen LogP contribution in [-0.4, -0.2) is 21.9 Å². The Kier molecular flexibility index (Phi) is 4.40. The van der Waals surface area contributed by atoms with Crippen LogP contribution in [0.1, 0.15) is 31.8 Å². The average Bonchev–Trinajstić information content (AvgIpc) is 2.49. The monoisotopic (exact) mass is 314 g/mol. The molecule has 0 fully saturated rings. The summed E-state index contributed by atoms with van der Waals surface area (Å²) in [7, 11) is 0. The second-order valence-corrected chi connectivity index (χ2v) is 5.05. The van der Waals surface area contributed by atoms with Crippen LogP contribution in [0.4, 0.5) is 11.4 Å². The van der Waals surface area contributed by atoms with E-state index in [2.05, 4.69) is 5.32 Å². The fourth-order valence-corrected chi connectivity index (χ4v) is 2.03. The number of carbonyl (C=O) groups is 2. The lowest BCUT2D eigenvalue weighted by molar-refractivity contribution is -0.385. The lowest BCUT2D eigenvalue weighted by atomic mass is 10.1. The van der Waals surface area contributed by atoms with Gasteiger partial charge >= 0.3 is 5.97 Å². The molecule has 0 aliphatic carbocycles. The molecule has 0 saturated heterocycles. The largest absolute Gasteiger partial charge is 0.478 e. The number of nitrogens with one attached hydrogen (secondary N) is 1. The van der Waals surface area contributed by atoms with Crippen molar-refractivity contribution >= 4 is 23.3 Å². The van der Waals surface area contributed by atoms with E-state index in [9.17, 15) is 19.7 Å². The summed E-state index contributed by atoms with van der Waals surface area (Å²) in [6, 6.07) is 8.53. The van der Waals surface area contributed by atoms with Crippen molar-refractivity contribution in [3.05, 3.63) is 68.8 Å². The van der Waals surface area contributed by atoms with Crippen molar-refractivity contribution in [1.29, 1.82) is 0 Å². The molecule has 0 aromatic heterocycles. The molecule has 0 aliphatic rings. The average molecular weight is 314 g/mol. The van der Waals surface area contributed by atoms with Gasteiger partial charge < -0.3 is 10.4 Å². The summed E-state index contributed by atoms with van der Waals surface area (Å²) in [6.07, 6.45) is 0. The van der Waals surface area contributed by atoms with Gasteiger partial charge in [-0.1, -0.05) is 12.1 Å². The Balaban J connectivity index is 2.33. The molecule has 7 nitrogen and oxygen atoms in total. The van der Waals surface area contributed by atoms with Gasteiger partial charge in [0.1, 0.15) is 0 Å². The summed E-state index contributed by atoms with van der Waals surface area (Å²) in [5, 5.41) is 22.5. The number of nitro groups is 1. The molecule has 118 valence electrons. The van der Waals surface area contributed by atoms with E-state index in [1.165, 1.54) is 30.3 Å². The van der Waals surface area contributed by atoms with Gasteiger partial charge in [0.15, 0.2) is 0 Å². The van der Waals surface area contributed by atoms with Crippen LogP contribution < -0.4 is 5.32 Å². The first-order valence-corrected chi connectivity index (χ1v) is 6.70. The van der Waals surface area contributed by atoms with Gasteiger partial charge in [-0.2, -0.15) is 0 Å². The number of amides is 1. The number of carbonyl (C=O) groups excluding carboxylic acids is 1. The number of aryl methyl sites for hydroxylation is 2. The van der Waals surface area contributed by atoms with E-state index in [-0.39, 0.29) is 16.8 Å². The van der Waals surface area contributed by atoms with Crippen molar-refractivity contribution in [2.24, 2.45) is 0 Å². The van der Waals surface area contributed by atoms with Crippen molar-refractivity contribution in [3.8, 4) is 0 Å². The maximum Gasteiger partial charge on any atom is 0.335 e. The SMILES string of the molecule is Cc1ccc(C(=O)O)cc1NC(=O)c1ccc(C)c([N+](=O)[O-])c1. The highest BCUT2D eigenvalue weighted by atomic mass is 16.6. The second kappa shape index (κ2) is 6.27. The summed E-state index contributed by atoms with van der Waals surface area (Å²) in [5.41, 5.74) is 1.51. The highest BCUT2D eigenvalue weighted by molar-refractivity contribution is 6.05. The number of anilines is 1. The minimum atomic E-state index is -1.11. The number of hydrogen-bond acceptors (Lipinski definition) is 4. The topological polar surface area (TPSA) is 110 Å². The third-order valence-corrected chi connectivity index (χ3v) is 3.40. The molecule has 23 heavy (non-hydrogen) atoms. The molecule has 2 N–H and O–H groups in total. The lowest BCUT2D eigenvalue weighted by Crippen LogP contribution is -2.14. The Bertz CT molecular complexity index is 814. The summed E-state index contributed by atoms with van der Waals surface area (Å²) in [4.78, 5) is 33.6. The number of nitrogens with zero attached hydrogens (tertiary/aromatic N) is 1. The van der Waals surface area contributed by atoms with E-state index in [1.807, 2.05) is 0 Å². The van der Waals surface area contributed by atoms with Crippen LogP contribution in [0.15, 0.2) is 36.4 Å². The fourth-order valence-electron chi connectivity index (χ4n) is 2.03. The molecule has 1 amide bonds. The van der Waals surface area contributed by atoms with Gasteiger partial charge in [-0.05, 0) is 37.6 Å². The second-order valence-electron chi connectivity index (χ2n) is 5.05. The zero-order chi connectivity index (χ0) is 17.1. The van der Waals surface area contributed by atoms with Gasteiger partial charge in [0.2, 0.25) is 0 Å². The van der Waals surface area contributed by atoms with Gasteiger partial charge in [0, 0.05) is 22.9 Å². The molecular formula is C16H14N2O5. The van der Waals surface area contributed by atoms with E-state index in [0.717, 1.165) is 0 Å². The first kappa shape index (κ1) is 16.2. The number of carboxylic acid groups (broad SMARTS) is 1. The van der Waals surface area contributed by atoms with Crippen LogP contribution in [0.25, 0.3) is 0 Å². The lowest BCUT2D eigenvalue weighted by Gasteiger charge is -2.10. The Hall–Kier alpha value is -3.22. The molecule has 0 atom stereocenters. The summed E-state index contributed by atoms with van der Waals surface area (Å²) in [6.45, 7) is 3.30. The maximum absolute atomic E-state index is 12.3. The quantitative estimate of drug-likeness (QED) is 0.665. The molecule has 2 aromatic carbocycles. The third kappa shape index (κ3) is 3.52. The van der Waals surface area contributed by atoms with Gasteiger partial charge in [-0.3, -0.25) is 14.9 Å². The van der Waals surface area contributed by atoms with Crippen LogP contribution in [-0.2, 0) is 0 Å². The van der Waals surface area contributed by atoms with E-state index in [0.29, 0.717) is 16.8 Å². The van der Waals surface area contributed by atoms with Crippen LogP contribution in [0.3, 0.4) is 0 Å². The van der Waals surface area contributed by atoms with Crippen LogP contribution >= 0.6 is 0 Å². The zero-order valence-electron chi connectivity index (χ0n) is 12.5. The third-order valence-electron chi connectivity index (χ3n) is 3.40. The van der Waals surface area contributed by atoms with E-state index in [4.69, 9.17) is 5.11 Å². The summed E-state index contributed by atoms with van der Waals surface area (Å²) in [5.74, 6) is -1.65. The van der Waals surface area contributed by atoms with Crippen molar-refractivity contribution in [2.45, 2.75) is 13.8 Å². The molecule has 0 radical (unpaired) electrons. The number of aromatic carboxylic acids is 1. The minimum Gasteiger partial charge on any atom is -0.478 e. The molecule has 0 aliphatic heterocycles. The first-order chi connectivity index (χ1) is 10.8. The minimum absolute atomic E-state index is 0.0424. The summed E-state index contributed by atoms with van der Waals surface area (Å²) < 4.78 is 0. The van der Waals surface area contributed by atoms with Gasteiger partial charge in [0.25, 0.3) is 11.6 Å². The van der Waals surface area contributed by atoms with Crippen LogP contribution in [0.5, 0.6) is 0 Å². The molecular weight excluding hydrogens is 300 g/mol. The van der Waals surface area contributed by atoms with Crippen molar-refractivity contribution in [2.75, 3.05) is 5.32 Å². The first-order valence-electron chi connectivity index (χ1n) is 6.70. The van der Waals surface area contributed by atoms with Crippen molar-refractivity contribution in [1.82, 2.24) is 0 Å². The maximum atomic E-state index is 12.3. The molecule has 2 rings (SSSR count). The van der Waals surface area contributed by atoms with Gasteiger partial charge in [0.05, 0.1) is 10.5 Å². The number of rotatable bonds is 4. The number of carboxylic acids is 1. The molecule has 0 saturated carbocycles. The normalized spacial score (nSPS) is 10.2. The smallest absolute Gasteiger partial charge is 0.335 e. The number of hydrogen-bond donors (Lipinski definition) is 2. The fraction of sp³-hybridized carbons (Fsp3) is 0.125. The molecule has 2 aromatic rings. The van der Waals surface area contributed by atoms with Gasteiger partial charge in [-0.15, -0.1) is 0 Å². The van der Waals surface area contributed by atoms with Crippen LogP contribution in [0, 0.1) is 24.0 Å². The number of benzene rings is 2. The van der Waals surface area contributed by atoms with Crippen molar-refractivity contribution < 1.29 is 19.6 Å². The summed E-state index contributed by atoms with van der Waals surface area (Å²) >= 11 is 0. The highest BCUT2D eigenvalue weighted by Crippen LogP contribution is 2.22. The predicted molar refractivity (Wildman–Crippen MR) is 83.9 cm³/mol. The van der Waals surface area contributed by atoms with Crippen molar-refractivity contribution in [3.63, 3.8) is 0 Å². The highest BCUT2D eigenvalue weighted by Gasteiger charge is 2.16. The van der Waals surface area contributed by atoms with Gasteiger partial charge in [-0.25, -0.2) is 4.79 Å². The zero-order valence-corrected chi connectivity index (χ0v) is 12.5.